The van der Waals surface area contributed by atoms with Crippen LogP contribution in [0.2, 0.25) is 0 Å². The molecule has 0 saturated carbocycles. The third-order valence-corrected chi connectivity index (χ3v) is 8.33. The minimum absolute atomic E-state index is 0.00528. The Morgan fingerprint density at radius 1 is 0.714 bits per heavy atom. The van der Waals surface area contributed by atoms with Crippen LogP contribution in [-0.2, 0) is 0 Å². The summed E-state index contributed by atoms with van der Waals surface area (Å²) in [5.41, 5.74) is 8.73. The van der Waals surface area contributed by atoms with Gasteiger partial charge in [-0.15, -0.1) is 0 Å². The molecular weight excluding hydrogens is 512 g/mol. The number of rotatable bonds is 10. The van der Waals surface area contributed by atoms with E-state index in [1.165, 1.54) is 39.0 Å². The SMILES string of the molecule is CC1=CC(O)CC(C)(C)[C@@H]1/C=C/C(C)=C/C=C/C(C)=C/C=C/C=C(C)\C=C\C=C(C)\C=C\C1=C(C)C[C@@H](O)CC1(C)C. The Morgan fingerprint density at radius 3 is 1.74 bits per heavy atom. The molecule has 0 radical (unpaired) electrons. The molecule has 2 aliphatic rings. The molecule has 2 rings (SSSR count). The molecule has 1 unspecified atom stereocenters. The van der Waals surface area contributed by atoms with Crippen LogP contribution in [0.3, 0.4) is 0 Å². The number of hydrogen-bond acceptors (Lipinski definition) is 2. The summed E-state index contributed by atoms with van der Waals surface area (Å²) in [7, 11) is 0. The van der Waals surface area contributed by atoms with E-state index in [4.69, 9.17) is 0 Å². The normalized spacial score (nSPS) is 26.6. The lowest BCUT2D eigenvalue weighted by atomic mass is 9.67. The second kappa shape index (κ2) is 16.1. The van der Waals surface area contributed by atoms with Crippen LogP contribution < -0.4 is 0 Å². The molecule has 228 valence electrons. The maximum atomic E-state index is 10.1. The first kappa shape index (κ1) is 35.3. The van der Waals surface area contributed by atoms with Crippen molar-refractivity contribution >= 4 is 0 Å². The maximum absolute atomic E-state index is 10.1. The van der Waals surface area contributed by atoms with Crippen molar-refractivity contribution in [1.82, 2.24) is 0 Å². The van der Waals surface area contributed by atoms with Crippen LogP contribution in [0.1, 0.15) is 88.5 Å². The van der Waals surface area contributed by atoms with Crippen molar-refractivity contribution in [2.75, 3.05) is 0 Å². The Bertz CT molecular complexity index is 1270. The molecule has 0 fully saturated rings. The Labute approximate surface area is 257 Å². The highest BCUT2D eigenvalue weighted by Gasteiger charge is 2.34. The predicted molar refractivity (Wildman–Crippen MR) is 184 cm³/mol. The van der Waals surface area contributed by atoms with Gasteiger partial charge >= 0.3 is 0 Å². The van der Waals surface area contributed by atoms with E-state index < -0.39 is 0 Å². The first-order chi connectivity index (χ1) is 19.6. The first-order valence-electron chi connectivity index (χ1n) is 15.4. The molecule has 2 aliphatic carbocycles. The van der Waals surface area contributed by atoms with Gasteiger partial charge in [0.15, 0.2) is 0 Å². The van der Waals surface area contributed by atoms with Crippen LogP contribution in [0.25, 0.3) is 0 Å². The molecule has 3 atom stereocenters. The number of aliphatic hydroxyl groups excluding tert-OH is 2. The zero-order valence-electron chi connectivity index (χ0n) is 27.9. The van der Waals surface area contributed by atoms with Gasteiger partial charge in [-0.1, -0.05) is 152 Å². The summed E-state index contributed by atoms with van der Waals surface area (Å²) in [4.78, 5) is 0. The van der Waals surface area contributed by atoms with Crippen LogP contribution in [-0.4, -0.2) is 22.4 Å². The smallest absolute Gasteiger partial charge is 0.0729 e. The van der Waals surface area contributed by atoms with E-state index in [1.807, 2.05) is 6.08 Å². The van der Waals surface area contributed by atoms with Gasteiger partial charge in [0, 0.05) is 5.92 Å². The fraction of sp³-hybridized carbons (Fsp3) is 0.450. The summed E-state index contributed by atoms with van der Waals surface area (Å²) in [5, 5.41) is 20.2. The summed E-state index contributed by atoms with van der Waals surface area (Å²) in [6, 6.07) is 0. The topological polar surface area (TPSA) is 40.5 Å². The van der Waals surface area contributed by atoms with Crippen LogP contribution in [0.5, 0.6) is 0 Å². The maximum Gasteiger partial charge on any atom is 0.0729 e. The molecule has 0 aromatic carbocycles. The van der Waals surface area contributed by atoms with E-state index in [0.29, 0.717) is 5.92 Å². The van der Waals surface area contributed by atoms with Crippen LogP contribution in [0.15, 0.2) is 130 Å². The molecule has 0 spiro atoms. The van der Waals surface area contributed by atoms with Crippen molar-refractivity contribution in [3.05, 3.63) is 130 Å². The summed E-state index contributed by atoms with van der Waals surface area (Å²) in [5.74, 6) is 0.348. The van der Waals surface area contributed by atoms with E-state index in [-0.39, 0.29) is 23.0 Å². The van der Waals surface area contributed by atoms with Crippen LogP contribution in [0, 0.1) is 16.7 Å². The molecule has 2 nitrogen and oxygen atoms in total. The first-order valence-corrected chi connectivity index (χ1v) is 15.4. The lowest BCUT2D eigenvalue weighted by molar-refractivity contribution is 0.116. The Balaban J connectivity index is 1.90. The van der Waals surface area contributed by atoms with Crippen molar-refractivity contribution in [2.24, 2.45) is 16.7 Å². The number of hydrogen-bond donors (Lipinski definition) is 2. The number of aliphatic hydroxyl groups is 2. The molecule has 0 aromatic rings. The highest BCUT2D eigenvalue weighted by Crippen LogP contribution is 2.42. The molecule has 0 aromatic heterocycles. The second-order valence-corrected chi connectivity index (χ2v) is 13.7. The second-order valence-electron chi connectivity index (χ2n) is 13.7. The predicted octanol–water partition coefficient (Wildman–Crippen LogP) is 10.4. The lowest BCUT2D eigenvalue weighted by Gasteiger charge is -2.38. The average molecular weight is 569 g/mol. The summed E-state index contributed by atoms with van der Waals surface area (Å²) in [6.45, 7) is 21.6. The van der Waals surface area contributed by atoms with Gasteiger partial charge < -0.3 is 10.2 Å². The lowest BCUT2D eigenvalue weighted by Crippen LogP contribution is -2.32. The molecule has 0 amide bonds. The fourth-order valence-corrected chi connectivity index (χ4v) is 6.14. The van der Waals surface area contributed by atoms with Gasteiger partial charge in [0.1, 0.15) is 0 Å². The Morgan fingerprint density at radius 2 is 1.21 bits per heavy atom. The summed E-state index contributed by atoms with van der Waals surface area (Å²) >= 11 is 0. The van der Waals surface area contributed by atoms with E-state index >= 15 is 0 Å². The Kier molecular flexibility index (Phi) is 13.5. The van der Waals surface area contributed by atoms with Crippen molar-refractivity contribution in [3.8, 4) is 0 Å². The quantitative estimate of drug-likeness (QED) is 0.203. The molecule has 0 aliphatic heterocycles. The molecule has 0 heterocycles. The van der Waals surface area contributed by atoms with Crippen molar-refractivity contribution in [1.29, 1.82) is 0 Å². The van der Waals surface area contributed by atoms with Gasteiger partial charge in [-0.2, -0.15) is 0 Å². The van der Waals surface area contributed by atoms with E-state index in [0.717, 1.165) is 19.3 Å². The summed E-state index contributed by atoms with van der Waals surface area (Å²) < 4.78 is 0. The van der Waals surface area contributed by atoms with E-state index in [2.05, 4.69) is 154 Å². The van der Waals surface area contributed by atoms with Crippen molar-refractivity contribution in [3.63, 3.8) is 0 Å². The van der Waals surface area contributed by atoms with E-state index in [1.54, 1.807) is 0 Å². The molecular formula is C40H56O2. The van der Waals surface area contributed by atoms with Crippen LogP contribution >= 0.6 is 0 Å². The van der Waals surface area contributed by atoms with Gasteiger partial charge in [0.05, 0.1) is 12.2 Å². The molecule has 2 N–H and O–H groups in total. The van der Waals surface area contributed by atoms with Gasteiger partial charge in [-0.3, -0.25) is 0 Å². The van der Waals surface area contributed by atoms with Crippen molar-refractivity contribution < 1.29 is 10.2 Å². The number of allylic oxidation sites excluding steroid dienone is 20. The van der Waals surface area contributed by atoms with Crippen LogP contribution in [0.4, 0.5) is 0 Å². The molecule has 0 saturated heterocycles. The zero-order valence-corrected chi connectivity index (χ0v) is 27.9. The fourth-order valence-electron chi connectivity index (χ4n) is 6.14. The van der Waals surface area contributed by atoms with E-state index in [9.17, 15) is 10.2 Å². The van der Waals surface area contributed by atoms with Gasteiger partial charge in [0.2, 0.25) is 0 Å². The average Bonchev–Trinajstić information content (AvgIpc) is 2.84. The van der Waals surface area contributed by atoms with Gasteiger partial charge in [-0.05, 0) is 77.2 Å². The van der Waals surface area contributed by atoms with Gasteiger partial charge in [-0.25, -0.2) is 0 Å². The minimum Gasteiger partial charge on any atom is -0.393 e. The summed E-state index contributed by atoms with van der Waals surface area (Å²) in [6.07, 6.45) is 33.8. The molecule has 2 heteroatoms. The molecule has 0 bridgehead atoms. The van der Waals surface area contributed by atoms with Gasteiger partial charge in [0.25, 0.3) is 0 Å². The highest BCUT2D eigenvalue weighted by molar-refractivity contribution is 5.38. The largest absolute Gasteiger partial charge is 0.393 e. The zero-order chi connectivity index (χ0) is 31.5. The Hall–Kier alpha value is -2.94. The van der Waals surface area contributed by atoms with Crippen molar-refractivity contribution in [2.45, 2.75) is 101 Å². The molecule has 42 heavy (non-hydrogen) atoms. The standard InChI is InChI=1S/C40H56O2/c1-29(17-13-19-31(3)21-23-37-33(5)25-35(41)27-39(37,7)8)15-11-12-16-30(2)18-14-20-32(4)22-24-38-34(6)26-36(42)28-40(38,9)10/h11-25,35-37,41-42H,26-28H2,1-10H3/b12-11+,17-13+,18-14+,23-21+,24-22+,29-15+,30-16-,31-19+,32-20+/t35?,36-,37-/m1/s1. The third-order valence-electron chi connectivity index (χ3n) is 8.33. The third kappa shape index (κ3) is 11.7. The monoisotopic (exact) mass is 568 g/mol. The minimum atomic E-state index is -0.331. The highest BCUT2D eigenvalue weighted by atomic mass is 16.3.